The van der Waals surface area contributed by atoms with Gasteiger partial charge in [-0.3, -0.25) is 0 Å². The first-order valence-electron chi connectivity index (χ1n) is 8.56. The third kappa shape index (κ3) is 7.83. The van der Waals surface area contributed by atoms with Crippen molar-refractivity contribution in [1.82, 2.24) is 15.6 Å². The Morgan fingerprint density at radius 3 is 2.37 bits per heavy atom. The number of amides is 2. The molecule has 8 heteroatoms. The molecule has 146 valence electrons. The average molecular weight is 375 g/mol. The number of rotatable bonds is 11. The molecule has 0 atom stereocenters. The molecule has 0 saturated carbocycles. The maximum Gasteiger partial charge on any atom is 0.315 e. The maximum absolute atomic E-state index is 11.8. The van der Waals surface area contributed by atoms with E-state index in [1.165, 1.54) is 0 Å². The third-order valence-corrected chi connectivity index (χ3v) is 3.50. The molecular weight excluding hydrogens is 350 g/mol. The molecule has 27 heavy (non-hydrogen) atoms. The Morgan fingerprint density at radius 2 is 1.70 bits per heavy atom. The minimum atomic E-state index is -0.270. The van der Waals surface area contributed by atoms with Crippen molar-refractivity contribution >= 4 is 6.03 Å². The van der Waals surface area contributed by atoms with Crippen LogP contribution in [0.1, 0.15) is 5.56 Å². The lowest BCUT2D eigenvalue weighted by Gasteiger charge is -2.10. The van der Waals surface area contributed by atoms with Crippen LogP contribution in [0.4, 0.5) is 4.79 Å². The number of pyridine rings is 1. The van der Waals surface area contributed by atoms with Crippen molar-refractivity contribution in [2.75, 3.05) is 40.6 Å². The Labute approximate surface area is 158 Å². The van der Waals surface area contributed by atoms with E-state index in [0.717, 1.165) is 17.1 Å². The van der Waals surface area contributed by atoms with E-state index >= 15 is 0 Å². The Bertz CT molecular complexity index is 677. The lowest BCUT2D eigenvalue weighted by Crippen LogP contribution is -2.37. The molecule has 0 spiro atoms. The van der Waals surface area contributed by atoms with Gasteiger partial charge in [0, 0.05) is 25.9 Å². The predicted molar refractivity (Wildman–Crippen MR) is 100 cm³/mol. The number of benzene rings is 1. The smallest absolute Gasteiger partial charge is 0.315 e. The normalized spacial score (nSPS) is 10.1. The fourth-order valence-corrected chi connectivity index (χ4v) is 2.08. The zero-order valence-corrected chi connectivity index (χ0v) is 15.6. The number of carbonyl (C=O) groups is 1. The van der Waals surface area contributed by atoms with Crippen LogP contribution in [0.3, 0.4) is 0 Å². The van der Waals surface area contributed by atoms with Crippen molar-refractivity contribution in [3.8, 4) is 17.4 Å². The summed E-state index contributed by atoms with van der Waals surface area (Å²) in [6.07, 6.45) is 1.66. The van der Waals surface area contributed by atoms with Gasteiger partial charge in [0.15, 0.2) is 0 Å². The van der Waals surface area contributed by atoms with Crippen LogP contribution in [-0.2, 0) is 11.3 Å². The third-order valence-electron chi connectivity index (χ3n) is 3.50. The van der Waals surface area contributed by atoms with E-state index in [0.29, 0.717) is 38.8 Å². The molecule has 2 N–H and O–H groups in total. The van der Waals surface area contributed by atoms with Crippen LogP contribution in [0.5, 0.6) is 17.4 Å². The maximum atomic E-state index is 11.8. The van der Waals surface area contributed by atoms with Crippen LogP contribution >= 0.6 is 0 Å². The van der Waals surface area contributed by atoms with Gasteiger partial charge in [-0.1, -0.05) is 6.07 Å². The number of nitrogens with zero attached hydrogens (tertiary/aromatic N) is 1. The van der Waals surface area contributed by atoms with Crippen LogP contribution in [0.15, 0.2) is 42.6 Å². The first-order valence-corrected chi connectivity index (χ1v) is 8.56. The number of carbonyl (C=O) groups excluding carboxylic acids is 1. The van der Waals surface area contributed by atoms with Gasteiger partial charge < -0.3 is 29.6 Å². The molecule has 0 fully saturated rings. The van der Waals surface area contributed by atoms with Crippen molar-refractivity contribution in [2.45, 2.75) is 6.54 Å². The van der Waals surface area contributed by atoms with Gasteiger partial charge in [0.05, 0.1) is 20.3 Å². The summed E-state index contributed by atoms with van der Waals surface area (Å²) in [5.74, 6) is 2.01. The summed E-state index contributed by atoms with van der Waals surface area (Å²) >= 11 is 0. The second-order valence-corrected chi connectivity index (χ2v) is 5.48. The number of ether oxygens (including phenoxy) is 4. The molecule has 0 unspecified atom stereocenters. The SMILES string of the molecule is COCCOc1ccc(CNC(=O)NCCOc2ccc(OC)cc2)cn1. The van der Waals surface area contributed by atoms with Crippen molar-refractivity contribution in [3.05, 3.63) is 48.2 Å². The number of methoxy groups -OCH3 is 2. The highest BCUT2D eigenvalue weighted by Crippen LogP contribution is 2.16. The van der Waals surface area contributed by atoms with Crippen LogP contribution in [0.25, 0.3) is 0 Å². The fraction of sp³-hybridized carbons (Fsp3) is 0.368. The zero-order chi connectivity index (χ0) is 19.3. The van der Waals surface area contributed by atoms with E-state index in [1.807, 2.05) is 30.3 Å². The Balaban J connectivity index is 1.60. The number of urea groups is 1. The molecule has 1 heterocycles. The number of nitrogens with one attached hydrogen (secondary N) is 2. The highest BCUT2D eigenvalue weighted by atomic mass is 16.5. The van der Waals surface area contributed by atoms with Crippen molar-refractivity contribution < 1.29 is 23.7 Å². The molecule has 2 aromatic rings. The van der Waals surface area contributed by atoms with Gasteiger partial charge in [0.1, 0.15) is 24.7 Å². The van der Waals surface area contributed by atoms with Gasteiger partial charge in [0.2, 0.25) is 5.88 Å². The minimum Gasteiger partial charge on any atom is -0.497 e. The summed E-state index contributed by atoms with van der Waals surface area (Å²) in [6, 6.07) is 10.6. The molecule has 0 saturated heterocycles. The Kier molecular flexibility index (Phi) is 8.72. The molecule has 1 aromatic carbocycles. The second kappa shape index (κ2) is 11.6. The number of hydrogen-bond acceptors (Lipinski definition) is 6. The molecule has 2 amide bonds. The van der Waals surface area contributed by atoms with Gasteiger partial charge in [-0.05, 0) is 29.8 Å². The summed E-state index contributed by atoms with van der Waals surface area (Å²) in [4.78, 5) is 16.0. The topological polar surface area (TPSA) is 90.9 Å². The molecule has 0 aliphatic carbocycles. The summed E-state index contributed by atoms with van der Waals surface area (Å²) in [5.41, 5.74) is 0.874. The van der Waals surface area contributed by atoms with Crippen molar-refractivity contribution in [3.63, 3.8) is 0 Å². The molecule has 0 aliphatic rings. The van der Waals surface area contributed by atoms with Crippen LogP contribution in [0, 0.1) is 0 Å². The van der Waals surface area contributed by atoms with Crippen molar-refractivity contribution in [2.24, 2.45) is 0 Å². The van der Waals surface area contributed by atoms with Gasteiger partial charge >= 0.3 is 6.03 Å². The standard InChI is InChI=1S/C19H25N3O5/c1-24-11-12-27-18-8-3-15(13-21-18)14-22-19(23)20-9-10-26-17-6-4-16(25-2)5-7-17/h3-8,13H,9-12,14H2,1-2H3,(H2,20,22,23). The van der Waals surface area contributed by atoms with Crippen molar-refractivity contribution in [1.29, 1.82) is 0 Å². The highest BCUT2D eigenvalue weighted by molar-refractivity contribution is 5.73. The number of aromatic nitrogens is 1. The molecule has 2 rings (SSSR count). The minimum absolute atomic E-state index is 0.270. The first kappa shape index (κ1) is 20.3. The summed E-state index contributed by atoms with van der Waals surface area (Å²) in [5, 5.41) is 5.49. The second-order valence-electron chi connectivity index (χ2n) is 5.48. The average Bonchev–Trinajstić information content (AvgIpc) is 2.71. The lowest BCUT2D eigenvalue weighted by atomic mass is 10.3. The van der Waals surface area contributed by atoms with E-state index in [-0.39, 0.29) is 6.03 Å². The zero-order valence-electron chi connectivity index (χ0n) is 15.6. The van der Waals surface area contributed by atoms with Crippen LogP contribution in [-0.4, -0.2) is 51.6 Å². The lowest BCUT2D eigenvalue weighted by molar-refractivity contribution is 0.143. The molecule has 1 aromatic heterocycles. The Morgan fingerprint density at radius 1 is 0.926 bits per heavy atom. The molecule has 0 bridgehead atoms. The highest BCUT2D eigenvalue weighted by Gasteiger charge is 2.02. The van der Waals surface area contributed by atoms with Crippen LogP contribution in [0.2, 0.25) is 0 Å². The largest absolute Gasteiger partial charge is 0.497 e. The molecule has 8 nitrogen and oxygen atoms in total. The van der Waals surface area contributed by atoms with Gasteiger partial charge in [-0.25, -0.2) is 9.78 Å². The van der Waals surface area contributed by atoms with E-state index in [9.17, 15) is 4.79 Å². The van der Waals surface area contributed by atoms with E-state index in [4.69, 9.17) is 18.9 Å². The quantitative estimate of drug-likeness (QED) is 0.584. The summed E-state index contributed by atoms with van der Waals surface area (Å²) < 4.78 is 20.9. The Hall–Kier alpha value is -3.00. The van der Waals surface area contributed by atoms with Gasteiger partial charge in [-0.15, -0.1) is 0 Å². The van der Waals surface area contributed by atoms with E-state index in [1.54, 1.807) is 26.5 Å². The number of hydrogen-bond donors (Lipinski definition) is 2. The fourth-order valence-electron chi connectivity index (χ4n) is 2.08. The molecule has 0 aliphatic heterocycles. The predicted octanol–water partition coefficient (Wildman–Crippen LogP) is 1.99. The molecular formula is C19H25N3O5. The van der Waals surface area contributed by atoms with E-state index in [2.05, 4.69) is 15.6 Å². The van der Waals surface area contributed by atoms with E-state index < -0.39 is 0 Å². The van der Waals surface area contributed by atoms with Gasteiger partial charge in [0.25, 0.3) is 0 Å². The summed E-state index contributed by atoms with van der Waals surface area (Å²) in [7, 11) is 3.22. The van der Waals surface area contributed by atoms with Crippen LogP contribution < -0.4 is 24.8 Å². The molecule has 0 radical (unpaired) electrons. The van der Waals surface area contributed by atoms with Gasteiger partial charge in [-0.2, -0.15) is 0 Å². The summed E-state index contributed by atoms with van der Waals surface area (Å²) in [6.45, 7) is 2.09. The monoisotopic (exact) mass is 375 g/mol. The first-order chi connectivity index (χ1) is 13.2.